The third-order valence-corrected chi connectivity index (χ3v) is 3.76. The maximum absolute atomic E-state index is 12.1. The summed E-state index contributed by atoms with van der Waals surface area (Å²) in [6, 6.07) is 0.268. The van der Waals surface area contributed by atoms with Crippen LogP contribution in [0.2, 0.25) is 0 Å². The van der Waals surface area contributed by atoms with E-state index in [1.807, 2.05) is 0 Å². The van der Waals surface area contributed by atoms with Crippen LogP contribution in [0.15, 0.2) is 0 Å². The molecule has 0 amide bonds. The van der Waals surface area contributed by atoms with Gasteiger partial charge < -0.3 is 10.1 Å². The van der Waals surface area contributed by atoms with Crippen molar-refractivity contribution in [1.29, 1.82) is 0 Å². The molecule has 3 heteroatoms. The van der Waals surface area contributed by atoms with Gasteiger partial charge in [0, 0.05) is 24.9 Å². The van der Waals surface area contributed by atoms with Crippen LogP contribution in [0.4, 0.5) is 0 Å². The molecule has 1 atom stereocenters. The Morgan fingerprint density at radius 2 is 1.94 bits per heavy atom. The quantitative estimate of drug-likeness (QED) is 0.746. The molecule has 1 heterocycles. The molecule has 2 fully saturated rings. The molecule has 0 radical (unpaired) electrons. The first kappa shape index (κ1) is 12.1. The van der Waals surface area contributed by atoms with Gasteiger partial charge in [0.15, 0.2) is 0 Å². The Balaban J connectivity index is 1.76. The van der Waals surface area contributed by atoms with Crippen LogP contribution < -0.4 is 5.32 Å². The lowest BCUT2D eigenvalue weighted by Crippen LogP contribution is -2.43. The SMILES string of the molecule is O=C(CC1COCCN1)C1CCCCCC1. The summed E-state index contributed by atoms with van der Waals surface area (Å²) >= 11 is 0. The van der Waals surface area contributed by atoms with Crippen molar-refractivity contribution in [3.8, 4) is 0 Å². The Bertz CT molecular complexity index is 216. The normalized spacial score (nSPS) is 28.6. The Labute approximate surface area is 97.9 Å². The van der Waals surface area contributed by atoms with Crippen molar-refractivity contribution in [2.24, 2.45) is 5.92 Å². The predicted octanol–water partition coefficient (Wildman–Crippen LogP) is 1.90. The molecule has 92 valence electrons. The van der Waals surface area contributed by atoms with Gasteiger partial charge in [-0.05, 0) is 12.8 Å². The van der Waals surface area contributed by atoms with Crippen LogP contribution >= 0.6 is 0 Å². The molecular formula is C13H23NO2. The van der Waals surface area contributed by atoms with E-state index in [9.17, 15) is 4.79 Å². The maximum atomic E-state index is 12.1. The maximum Gasteiger partial charge on any atom is 0.137 e. The Kier molecular flexibility index (Phi) is 4.79. The predicted molar refractivity (Wildman–Crippen MR) is 63.4 cm³/mol. The van der Waals surface area contributed by atoms with Crippen molar-refractivity contribution in [3.63, 3.8) is 0 Å². The van der Waals surface area contributed by atoms with Crippen molar-refractivity contribution in [1.82, 2.24) is 5.32 Å². The van der Waals surface area contributed by atoms with Crippen molar-refractivity contribution >= 4 is 5.78 Å². The average molecular weight is 225 g/mol. The summed E-state index contributed by atoms with van der Waals surface area (Å²) in [5.41, 5.74) is 0. The minimum Gasteiger partial charge on any atom is -0.379 e. The molecule has 1 N–H and O–H groups in total. The molecule has 2 rings (SSSR count). The van der Waals surface area contributed by atoms with Gasteiger partial charge in [-0.1, -0.05) is 25.7 Å². The molecule has 0 aromatic rings. The molecule has 16 heavy (non-hydrogen) atoms. The third-order valence-electron chi connectivity index (χ3n) is 3.76. The zero-order valence-electron chi connectivity index (χ0n) is 10.0. The van der Waals surface area contributed by atoms with Crippen LogP contribution in [0.1, 0.15) is 44.9 Å². The molecule has 1 saturated heterocycles. The van der Waals surface area contributed by atoms with Crippen LogP contribution in [-0.2, 0) is 9.53 Å². The number of morpholine rings is 1. The fourth-order valence-corrected chi connectivity index (χ4v) is 2.76. The third kappa shape index (κ3) is 3.56. The van der Waals surface area contributed by atoms with E-state index < -0.39 is 0 Å². The van der Waals surface area contributed by atoms with Gasteiger partial charge in [-0.15, -0.1) is 0 Å². The highest BCUT2D eigenvalue weighted by molar-refractivity contribution is 5.81. The number of carbonyl (C=O) groups excluding carboxylic acids is 1. The van der Waals surface area contributed by atoms with Gasteiger partial charge in [-0.25, -0.2) is 0 Å². The zero-order valence-corrected chi connectivity index (χ0v) is 10.0. The van der Waals surface area contributed by atoms with Crippen molar-refractivity contribution < 1.29 is 9.53 Å². The van der Waals surface area contributed by atoms with Crippen molar-refractivity contribution in [2.75, 3.05) is 19.8 Å². The fraction of sp³-hybridized carbons (Fsp3) is 0.923. The second-order valence-electron chi connectivity index (χ2n) is 5.08. The number of rotatable bonds is 3. The number of hydrogen-bond acceptors (Lipinski definition) is 3. The summed E-state index contributed by atoms with van der Waals surface area (Å²) in [4.78, 5) is 12.1. The van der Waals surface area contributed by atoms with E-state index in [4.69, 9.17) is 4.74 Å². The van der Waals surface area contributed by atoms with E-state index in [-0.39, 0.29) is 6.04 Å². The standard InChI is InChI=1S/C13H23NO2/c15-13(9-12-10-16-8-7-14-12)11-5-3-1-2-4-6-11/h11-12,14H,1-10H2. The van der Waals surface area contributed by atoms with E-state index in [0.29, 0.717) is 24.7 Å². The molecule has 0 bridgehead atoms. The highest BCUT2D eigenvalue weighted by Crippen LogP contribution is 2.24. The first-order valence-electron chi connectivity index (χ1n) is 6.70. The number of carbonyl (C=O) groups is 1. The Morgan fingerprint density at radius 3 is 2.56 bits per heavy atom. The number of ether oxygens (including phenoxy) is 1. The van der Waals surface area contributed by atoms with E-state index in [2.05, 4.69) is 5.32 Å². The molecule has 0 aromatic carbocycles. The van der Waals surface area contributed by atoms with Crippen molar-refractivity contribution in [2.45, 2.75) is 51.0 Å². The van der Waals surface area contributed by atoms with Crippen LogP contribution in [-0.4, -0.2) is 31.6 Å². The minimum absolute atomic E-state index is 0.268. The van der Waals surface area contributed by atoms with Gasteiger partial charge in [0.2, 0.25) is 0 Å². The van der Waals surface area contributed by atoms with E-state index >= 15 is 0 Å². The number of ketones is 1. The Morgan fingerprint density at radius 1 is 1.19 bits per heavy atom. The zero-order chi connectivity index (χ0) is 11.2. The smallest absolute Gasteiger partial charge is 0.137 e. The summed E-state index contributed by atoms with van der Waals surface area (Å²) in [6.45, 7) is 2.38. The number of nitrogens with one attached hydrogen (secondary N) is 1. The number of Topliss-reactive ketones (excluding diaryl/α,β-unsaturated/α-hetero) is 1. The van der Waals surface area contributed by atoms with Crippen LogP contribution in [0.5, 0.6) is 0 Å². The van der Waals surface area contributed by atoms with Crippen LogP contribution in [0.25, 0.3) is 0 Å². The highest BCUT2D eigenvalue weighted by Gasteiger charge is 2.24. The first-order valence-corrected chi connectivity index (χ1v) is 6.70. The molecule has 0 spiro atoms. The molecule has 1 aliphatic carbocycles. The summed E-state index contributed by atoms with van der Waals surface area (Å²) in [5, 5.41) is 3.36. The van der Waals surface area contributed by atoms with Crippen LogP contribution in [0, 0.1) is 5.92 Å². The monoisotopic (exact) mass is 225 g/mol. The lowest BCUT2D eigenvalue weighted by Gasteiger charge is -2.24. The summed E-state index contributed by atoms with van der Waals surface area (Å²) in [6.07, 6.45) is 8.02. The van der Waals surface area contributed by atoms with E-state index in [1.54, 1.807) is 0 Å². The molecule has 1 aliphatic heterocycles. The second-order valence-corrected chi connectivity index (χ2v) is 5.08. The number of hydrogen-bond donors (Lipinski definition) is 1. The lowest BCUT2D eigenvalue weighted by molar-refractivity contribution is -0.124. The topological polar surface area (TPSA) is 38.3 Å². The molecule has 3 nitrogen and oxygen atoms in total. The minimum atomic E-state index is 0.268. The van der Waals surface area contributed by atoms with Crippen molar-refractivity contribution in [3.05, 3.63) is 0 Å². The fourth-order valence-electron chi connectivity index (χ4n) is 2.76. The summed E-state index contributed by atoms with van der Waals surface area (Å²) in [7, 11) is 0. The molecule has 1 unspecified atom stereocenters. The Hall–Kier alpha value is -0.410. The first-order chi connectivity index (χ1) is 7.86. The molecule has 2 aliphatic rings. The average Bonchev–Trinajstić information content (AvgIpc) is 2.59. The van der Waals surface area contributed by atoms with Gasteiger partial charge in [-0.2, -0.15) is 0 Å². The highest BCUT2D eigenvalue weighted by atomic mass is 16.5. The molecule has 1 saturated carbocycles. The van der Waals surface area contributed by atoms with Gasteiger partial charge in [0.1, 0.15) is 5.78 Å². The summed E-state index contributed by atoms with van der Waals surface area (Å²) in [5.74, 6) is 0.802. The molecule has 0 aromatic heterocycles. The second kappa shape index (κ2) is 6.36. The van der Waals surface area contributed by atoms with Gasteiger partial charge in [0.05, 0.1) is 13.2 Å². The molecular weight excluding hydrogens is 202 g/mol. The van der Waals surface area contributed by atoms with E-state index in [1.165, 1.54) is 25.7 Å². The van der Waals surface area contributed by atoms with Crippen LogP contribution in [0.3, 0.4) is 0 Å². The van der Waals surface area contributed by atoms with Gasteiger partial charge in [-0.3, -0.25) is 4.79 Å². The summed E-state index contributed by atoms with van der Waals surface area (Å²) < 4.78 is 5.38. The van der Waals surface area contributed by atoms with Gasteiger partial charge >= 0.3 is 0 Å². The largest absolute Gasteiger partial charge is 0.379 e. The van der Waals surface area contributed by atoms with Gasteiger partial charge in [0.25, 0.3) is 0 Å². The lowest BCUT2D eigenvalue weighted by atomic mass is 9.91. The van der Waals surface area contributed by atoms with E-state index in [0.717, 1.165) is 26.0 Å².